The molecule has 2 rings (SSSR count). The molecule has 0 saturated carbocycles. The molecule has 27 heavy (non-hydrogen) atoms. The number of nitrogens with two attached hydrogens (primary N) is 1. The van der Waals surface area contributed by atoms with Crippen LogP contribution in [0.15, 0.2) is 47.4 Å². The Bertz CT molecular complexity index is 916. The highest BCUT2D eigenvalue weighted by Crippen LogP contribution is 2.22. The Kier molecular flexibility index (Phi) is 6.70. The van der Waals surface area contributed by atoms with E-state index in [1.54, 1.807) is 0 Å². The lowest BCUT2D eigenvalue weighted by molar-refractivity contribution is -0.136. The van der Waals surface area contributed by atoms with Crippen molar-refractivity contribution in [1.82, 2.24) is 5.32 Å². The van der Waals surface area contributed by atoms with Crippen LogP contribution in [0.25, 0.3) is 0 Å². The van der Waals surface area contributed by atoms with Crippen molar-refractivity contribution in [2.75, 3.05) is 5.32 Å². The number of hydrogen-bond acceptors (Lipinski definition) is 4. The standard InChI is InChI=1S/C19H23N3O4S/c1-3-14-6-5-7-15(4-2)17(14)22-19(24)18(23)21-12-13-8-10-16(11-9-13)27(20,25)26/h5-11H,3-4,12H2,1-2H3,(H,21,23)(H,22,24)(H2,20,25,26). The van der Waals surface area contributed by atoms with E-state index in [4.69, 9.17) is 5.14 Å². The SMILES string of the molecule is CCc1cccc(CC)c1NC(=O)C(=O)NCc1ccc(S(N)(=O)=O)cc1. The molecule has 0 radical (unpaired) electrons. The number of hydrogen-bond donors (Lipinski definition) is 3. The maximum atomic E-state index is 12.2. The Labute approximate surface area is 159 Å². The fraction of sp³-hybridized carbons (Fsp3) is 0.263. The first-order valence-corrected chi connectivity index (χ1v) is 10.1. The van der Waals surface area contributed by atoms with E-state index in [1.807, 2.05) is 32.0 Å². The van der Waals surface area contributed by atoms with Gasteiger partial charge in [0, 0.05) is 12.2 Å². The van der Waals surface area contributed by atoms with Gasteiger partial charge in [-0.25, -0.2) is 13.6 Å². The Hall–Kier alpha value is -2.71. The quantitative estimate of drug-likeness (QED) is 0.652. The summed E-state index contributed by atoms with van der Waals surface area (Å²) < 4.78 is 22.5. The number of nitrogens with one attached hydrogen (secondary N) is 2. The third-order valence-electron chi connectivity index (χ3n) is 4.15. The molecule has 0 saturated heterocycles. The Morgan fingerprint density at radius 3 is 1.96 bits per heavy atom. The normalized spacial score (nSPS) is 11.1. The number of para-hydroxylation sites is 1. The van der Waals surface area contributed by atoms with E-state index in [-0.39, 0.29) is 11.4 Å². The second kappa shape index (κ2) is 8.79. The number of aryl methyl sites for hydroxylation is 2. The van der Waals surface area contributed by atoms with Crippen LogP contribution in [0.5, 0.6) is 0 Å². The Morgan fingerprint density at radius 1 is 0.926 bits per heavy atom. The number of anilines is 1. The molecule has 0 unspecified atom stereocenters. The fourth-order valence-corrected chi connectivity index (χ4v) is 3.15. The summed E-state index contributed by atoms with van der Waals surface area (Å²) in [7, 11) is -3.76. The monoisotopic (exact) mass is 389 g/mol. The molecule has 0 aliphatic carbocycles. The van der Waals surface area contributed by atoms with Gasteiger partial charge in [0.1, 0.15) is 0 Å². The third kappa shape index (κ3) is 5.38. The van der Waals surface area contributed by atoms with Crippen molar-refractivity contribution in [2.24, 2.45) is 5.14 Å². The van der Waals surface area contributed by atoms with Gasteiger partial charge in [-0.2, -0.15) is 0 Å². The number of rotatable bonds is 6. The minimum atomic E-state index is -3.76. The second-order valence-electron chi connectivity index (χ2n) is 5.98. The highest BCUT2D eigenvalue weighted by Gasteiger charge is 2.17. The highest BCUT2D eigenvalue weighted by molar-refractivity contribution is 7.89. The molecule has 4 N–H and O–H groups in total. The average molecular weight is 389 g/mol. The molecule has 7 nitrogen and oxygen atoms in total. The molecule has 144 valence electrons. The number of carbonyl (C=O) groups is 2. The van der Waals surface area contributed by atoms with E-state index in [0.29, 0.717) is 11.3 Å². The number of carbonyl (C=O) groups excluding carboxylic acids is 2. The number of amides is 2. The molecule has 0 aromatic heterocycles. The lowest BCUT2D eigenvalue weighted by Gasteiger charge is -2.14. The number of benzene rings is 2. The van der Waals surface area contributed by atoms with Crippen LogP contribution in [0, 0.1) is 0 Å². The van der Waals surface area contributed by atoms with Crippen LogP contribution < -0.4 is 15.8 Å². The van der Waals surface area contributed by atoms with Gasteiger partial charge >= 0.3 is 11.8 Å². The molecule has 0 heterocycles. The number of sulfonamides is 1. The maximum Gasteiger partial charge on any atom is 0.313 e. The minimum Gasteiger partial charge on any atom is -0.344 e. The summed E-state index contributed by atoms with van der Waals surface area (Å²) >= 11 is 0. The van der Waals surface area contributed by atoms with E-state index >= 15 is 0 Å². The van der Waals surface area contributed by atoms with Gasteiger partial charge < -0.3 is 10.6 Å². The molecule has 8 heteroatoms. The smallest absolute Gasteiger partial charge is 0.313 e. The van der Waals surface area contributed by atoms with Crippen LogP contribution in [-0.2, 0) is 39.0 Å². The third-order valence-corrected chi connectivity index (χ3v) is 5.08. The minimum absolute atomic E-state index is 0.0152. The molecule has 2 aromatic carbocycles. The van der Waals surface area contributed by atoms with Gasteiger partial charge in [0.15, 0.2) is 0 Å². The Balaban J connectivity index is 2.02. The molecule has 2 amide bonds. The molecule has 0 aliphatic rings. The zero-order valence-corrected chi connectivity index (χ0v) is 16.1. The molecular weight excluding hydrogens is 366 g/mol. The van der Waals surface area contributed by atoms with Crippen LogP contribution in [0.3, 0.4) is 0 Å². The first kappa shape index (κ1) is 20.6. The zero-order chi connectivity index (χ0) is 20.0. The van der Waals surface area contributed by atoms with Crippen LogP contribution in [0.4, 0.5) is 5.69 Å². The summed E-state index contributed by atoms with van der Waals surface area (Å²) in [5, 5.41) is 10.3. The molecule has 0 spiro atoms. The van der Waals surface area contributed by atoms with Gasteiger partial charge in [0.25, 0.3) is 0 Å². The summed E-state index contributed by atoms with van der Waals surface area (Å²) in [6.07, 6.45) is 1.48. The van der Waals surface area contributed by atoms with Crippen LogP contribution >= 0.6 is 0 Å². The first-order valence-electron chi connectivity index (χ1n) is 8.58. The summed E-state index contributed by atoms with van der Waals surface area (Å²) in [6, 6.07) is 11.5. The number of primary sulfonamides is 1. The van der Waals surface area contributed by atoms with Crippen molar-refractivity contribution in [2.45, 2.75) is 38.1 Å². The highest BCUT2D eigenvalue weighted by atomic mass is 32.2. The molecule has 2 aromatic rings. The van der Waals surface area contributed by atoms with Gasteiger partial charge in [-0.1, -0.05) is 44.2 Å². The molecule has 0 atom stereocenters. The second-order valence-corrected chi connectivity index (χ2v) is 7.55. The predicted molar refractivity (Wildman–Crippen MR) is 103 cm³/mol. The summed E-state index contributed by atoms with van der Waals surface area (Å²) in [5.74, 6) is -1.51. The van der Waals surface area contributed by atoms with Crippen molar-refractivity contribution in [3.05, 3.63) is 59.2 Å². The lowest BCUT2D eigenvalue weighted by Crippen LogP contribution is -2.35. The van der Waals surface area contributed by atoms with Gasteiger partial charge in [-0.15, -0.1) is 0 Å². The molecular formula is C19H23N3O4S. The van der Waals surface area contributed by atoms with Gasteiger partial charge in [0.2, 0.25) is 10.0 Å². The van der Waals surface area contributed by atoms with Crippen molar-refractivity contribution < 1.29 is 18.0 Å². The summed E-state index contributed by atoms with van der Waals surface area (Å²) in [6.45, 7) is 4.05. The molecule has 0 fully saturated rings. The van der Waals surface area contributed by atoms with Crippen molar-refractivity contribution in [3.63, 3.8) is 0 Å². The van der Waals surface area contributed by atoms with Crippen molar-refractivity contribution >= 4 is 27.5 Å². The van der Waals surface area contributed by atoms with E-state index in [2.05, 4.69) is 10.6 Å². The maximum absolute atomic E-state index is 12.2. The lowest BCUT2D eigenvalue weighted by atomic mass is 10.0. The topological polar surface area (TPSA) is 118 Å². The van der Waals surface area contributed by atoms with E-state index in [1.165, 1.54) is 24.3 Å². The first-order chi connectivity index (χ1) is 12.8. The largest absolute Gasteiger partial charge is 0.344 e. The van der Waals surface area contributed by atoms with Crippen LogP contribution in [0.1, 0.15) is 30.5 Å². The van der Waals surface area contributed by atoms with E-state index in [0.717, 1.165) is 24.0 Å². The van der Waals surface area contributed by atoms with Gasteiger partial charge in [0.05, 0.1) is 4.90 Å². The fourth-order valence-electron chi connectivity index (χ4n) is 2.63. The van der Waals surface area contributed by atoms with Crippen molar-refractivity contribution in [3.8, 4) is 0 Å². The predicted octanol–water partition coefficient (Wildman–Crippen LogP) is 1.71. The molecule has 0 aliphatic heterocycles. The van der Waals surface area contributed by atoms with E-state index < -0.39 is 21.8 Å². The van der Waals surface area contributed by atoms with E-state index in [9.17, 15) is 18.0 Å². The summed E-state index contributed by atoms with van der Waals surface area (Å²) in [4.78, 5) is 24.3. The zero-order valence-electron chi connectivity index (χ0n) is 15.3. The van der Waals surface area contributed by atoms with Crippen molar-refractivity contribution in [1.29, 1.82) is 0 Å². The van der Waals surface area contributed by atoms with Gasteiger partial charge in [-0.05, 0) is 41.7 Å². The molecule has 0 bridgehead atoms. The van der Waals surface area contributed by atoms with Crippen LogP contribution in [-0.4, -0.2) is 20.2 Å². The Morgan fingerprint density at radius 2 is 1.48 bits per heavy atom. The summed E-state index contributed by atoms with van der Waals surface area (Å²) in [5.41, 5.74) is 3.26. The van der Waals surface area contributed by atoms with Crippen LogP contribution in [0.2, 0.25) is 0 Å². The average Bonchev–Trinajstić information content (AvgIpc) is 2.65. The van der Waals surface area contributed by atoms with Gasteiger partial charge in [-0.3, -0.25) is 9.59 Å².